The summed E-state index contributed by atoms with van der Waals surface area (Å²) in [6.45, 7) is 0. The fourth-order valence-corrected chi connectivity index (χ4v) is 2.11. The minimum Gasteiger partial charge on any atom is -0.380 e. The van der Waals surface area contributed by atoms with Crippen molar-refractivity contribution >= 4 is 23.0 Å². The number of para-hydroxylation sites is 1. The van der Waals surface area contributed by atoms with E-state index in [4.69, 9.17) is 5.73 Å². The molecule has 6 heteroatoms. The maximum Gasteiger partial charge on any atom is 0.173 e. The molecule has 0 saturated carbocycles. The molecule has 6 nitrogen and oxygen atoms in total. The number of hydrogen-bond acceptors (Lipinski definition) is 4. The molecule has 0 aliphatic rings. The Morgan fingerprint density at radius 1 is 1.29 bits per heavy atom. The summed E-state index contributed by atoms with van der Waals surface area (Å²) in [7, 11) is 2.00. The van der Waals surface area contributed by atoms with Gasteiger partial charge in [-0.25, -0.2) is 4.98 Å². The normalized spacial score (nSPS) is 12.3. The summed E-state index contributed by atoms with van der Waals surface area (Å²) in [5.74, 6) is 0.236. The highest BCUT2D eigenvalue weighted by atomic mass is 15.2. The Bertz CT molecular complexity index is 817. The van der Waals surface area contributed by atoms with E-state index in [0.29, 0.717) is 5.69 Å². The van der Waals surface area contributed by atoms with Crippen molar-refractivity contribution in [2.75, 3.05) is 0 Å². The third kappa shape index (κ3) is 2.64. The lowest BCUT2D eigenvalue weighted by Crippen LogP contribution is -2.14. The molecule has 0 fully saturated rings. The van der Waals surface area contributed by atoms with Crippen LogP contribution in [-0.4, -0.2) is 26.6 Å². The number of aromatic nitrogens is 3. The molecule has 0 amide bonds. The van der Waals surface area contributed by atoms with Gasteiger partial charge in [-0.3, -0.25) is 4.98 Å². The third-order valence-electron chi connectivity index (χ3n) is 3.12. The molecule has 0 aliphatic heterocycles. The van der Waals surface area contributed by atoms with Crippen molar-refractivity contribution < 1.29 is 0 Å². The summed E-state index contributed by atoms with van der Waals surface area (Å²) in [5.41, 5.74) is 8.45. The number of rotatable bonds is 3. The topological polar surface area (TPSA) is 81.5 Å². The fraction of sp³-hybridized carbons (Fsp3) is 0.0667. The predicted molar refractivity (Wildman–Crippen MR) is 83.3 cm³/mol. The molecule has 2 heterocycles. The Morgan fingerprint density at radius 2 is 2.14 bits per heavy atom. The lowest BCUT2D eigenvalue weighted by Gasteiger charge is -1.94. The molecule has 2 aromatic heterocycles. The van der Waals surface area contributed by atoms with Crippen LogP contribution in [0.3, 0.4) is 0 Å². The van der Waals surface area contributed by atoms with Gasteiger partial charge in [-0.05, 0) is 6.07 Å². The van der Waals surface area contributed by atoms with E-state index < -0.39 is 0 Å². The van der Waals surface area contributed by atoms with Gasteiger partial charge in [-0.2, -0.15) is 5.10 Å². The molecule has 0 bridgehead atoms. The molecule has 0 aliphatic carbocycles. The average molecular weight is 278 g/mol. The van der Waals surface area contributed by atoms with E-state index in [1.165, 1.54) is 0 Å². The first kappa shape index (κ1) is 13.0. The highest BCUT2D eigenvalue weighted by Gasteiger charge is 2.03. The van der Waals surface area contributed by atoms with E-state index in [0.717, 1.165) is 16.5 Å². The molecule has 2 N–H and O–H groups in total. The predicted octanol–water partition coefficient (Wildman–Crippen LogP) is 1.71. The van der Waals surface area contributed by atoms with Crippen molar-refractivity contribution in [2.45, 2.75) is 0 Å². The van der Waals surface area contributed by atoms with E-state index in [9.17, 15) is 0 Å². The summed E-state index contributed by atoms with van der Waals surface area (Å²) >= 11 is 0. The monoisotopic (exact) mass is 278 g/mol. The number of nitrogens with zero attached hydrogens (tertiary/aromatic N) is 5. The van der Waals surface area contributed by atoms with Crippen LogP contribution in [0.25, 0.3) is 10.9 Å². The van der Waals surface area contributed by atoms with Gasteiger partial charge in [0, 0.05) is 42.1 Å². The Labute approximate surface area is 121 Å². The number of hydrogen-bond donors (Lipinski definition) is 1. The van der Waals surface area contributed by atoms with E-state index in [2.05, 4.69) is 26.2 Å². The lowest BCUT2D eigenvalue weighted by molar-refractivity contribution is 0.968. The first-order chi connectivity index (χ1) is 10.3. The lowest BCUT2D eigenvalue weighted by atomic mass is 10.2. The quantitative estimate of drug-likeness (QED) is 0.450. The first-order valence-electron chi connectivity index (χ1n) is 6.42. The van der Waals surface area contributed by atoms with Crippen LogP contribution in [0.15, 0.2) is 59.3 Å². The number of nitrogens with two attached hydrogens (primary N) is 1. The van der Waals surface area contributed by atoms with Gasteiger partial charge in [-0.15, -0.1) is 5.10 Å². The Hall–Kier alpha value is -3.02. The van der Waals surface area contributed by atoms with Crippen LogP contribution in [0.5, 0.6) is 0 Å². The minimum atomic E-state index is 0.236. The second-order valence-corrected chi connectivity index (χ2v) is 4.53. The summed E-state index contributed by atoms with van der Waals surface area (Å²) in [6, 6.07) is 8.11. The van der Waals surface area contributed by atoms with E-state index in [1.54, 1.807) is 24.8 Å². The Morgan fingerprint density at radius 3 is 2.95 bits per heavy atom. The molecular weight excluding hydrogens is 264 g/mol. The highest BCUT2D eigenvalue weighted by molar-refractivity contribution is 6.00. The van der Waals surface area contributed by atoms with Crippen molar-refractivity contribution in [3.63, 3.8) is 0 Å². The van der Waals surface area contributed by atoms with Crippen LogP contribution in [0.4, 0.5) is 0 Å². The molecular formula is C15H14N6. The van der Waals surface area contributed by atoms with Gasteiger partial charge < -0.3 is 10.3 Å². The van der Waals surface area contributed by atoms with Gasteiger partial charge in [-0.1, -0.05) is 18.2 Å². The smallest absolute Gasteiger partial charge is 0.173 e. The van der Waals surface area contributed by atoms with Gasteiger partial charge in [0.05, 0.1) is 12.4 Å². The molecule has 0 radical (unpaired) electrons. The summed E-state index contributed by atoms with van der Waals surface area (Å²) < 4.78 is 2.05. The third-order valence-corrected chi connectivity index (χ3v) is 3.12. The van der Waals surface area contributed by atoms with Gasteiger partial charge in [0.15, 0.2) is 5.84 Å². The standard InChI is InChI=1S/C15H14N6/c1-21-10-11(12-4-2-3-5-14(12)21)8-19-20-15(16)13-9-17-6-7-18-13/h2-10H,1H3,(H2,16,20). The maximum atomic E-state index is 5.81. The van der Waals surface area contributed by atoms with Crippen molar-refractivity contribution in [1.29, 1.82) is 0 Å². The van der Waals surface area contributed by atoms with Gasteiger partial charge in [0.2, 0.25) is 0 Å². The van der Waals surface area contributed by atoms with Crippen LogP contribution in [0.2, 0.25) is 0 Å². The van der Waals surface area contributed by atoms with Crippen LogP contribution < -0.4 is 5.73 Å². The van der Waals surface area contributed by atoms with Crippen LogP contribution >= 0.6 is 0 Å². The summed E-state index contributed by atoms with van der Waals surface area (Å²) in [5, 5.41) is 9.12. The second-order valence-electron chi connectivity index (χ2n) is 4.53. The zero-order valence-corrected chi connectivity index (χ0v) is 11.5. The number of amidine groups is 1. The van der Waals surface area contributed by atoms with E-state index >= 15 is 0 Å². The van der Waals surface area contributed by atoms with Crippen molar-refractivity contribution in [3.05, 3.63) is 60.3 Å². The summed E-state index contributed by atoms with van der Waals surface area (Å²) in [6.07, 6.45) is 8.38. The SMILES string of the molecule is Cn1cc(C=NN=C(N)c2cnccn2)c2ccccc21. The van der Waals surface area contributed by atoms with Crippen molar-refractivity contribution in [1.82, 2.24) is 14.5 Å². The van der Waals surface area contributed by atoms with Gasteiger partial charge >= 0.3 is 0 Å². The molecule has 0 unspecified atom stereocenters. The molecule has 104 valence electrons. The van der Waals surface area contributed by atoms with Crippen LogP contribution in [0, 0.1) is 0 Å². The zero-order chi connectivity index (χ0) is 14.7. The second kappa shape index (κ2) is 5.54. The average Bonchev–Trinajstić information content (AvgIpc) is 2.85. The largest absolute Gasteiger partial charge is 0.380 e. The Kier molecular flexibility index (Phi) is 3.42. The van der Waals surface area contributed by atoms with E-state index in [-0.39, 0.29) is 5.84 Å². The van der Waals surface area contributed by atoms with Gasteiger partial charge in [0.25, 0.3) is 0 Å². The maximum absolute atomic E-state index is 5.81. The molecule has 21 heavy (non-hydrogen) atoms. The highest BCUT2D eigenvalue weighted by Crippen LogP contribution is 2.18. The molecule has 1 aromatic carbocycles. The number of fused-ring (bicyclic) bond motifs is 1. The number of aryl methyl sites for hydroxylation is 1. The van der Waals surface area contributed by atoms with Crippen LogP contribution in [-0.2, 0) is 7.05 Å². The Balaban J connectivity index is 1.89. The summed E-state index contributed by atoms with van der Waals surface area (Å²) in [4.78, 5) is 8.00. The molecule has 0 spiro atoms. The van der Waals surface area contributed by atoms with Crippen molar-refractivity contribution in [3.8, 4) is 0 Å². The van der Waals surface area contributed by atoms with Crippen molar-refractivity contribution in [2.24, 2.45) is 23.0 Å². The minimum absolute atomic E-state index is 0.236. The van der Waals surface area contributed by atoms with Gasteiger partial charge in [0.1, 0.15) is 5.69 Å². The first-order valence-corrected chi connectivity index (χ1v) is 6.42. The van der Waals surface area contributed by atoms with Crippen LogP contribution in [0.1, 0.15) is 11.3 Å². The molecule has 3 rings (SSSR count). The fourth-order valence-electron chi connectivity index (χ4n) is 2.11. The number of benzene rings is 1. The molecule has 0 saturated heterocycles. The van der Waals surface area contributed by atoms with E-state index in [1.807, 2.05) is 36.0 Å². The molecule has 0 atom stereocenters. The zero-order valence-electron chi connectivity index (χ0n) is 11.5. The molecule has 3 aromatic rings.